The highest BCUT2D eigenvalue weighted by molar-refractivity contribution is 6.32. The van der Waals surface area contributed by atoms with Crippen LogP contribution in [-0.4, -0.2) is 48.0 Å². The second-order valence-corrected chi connectivity index (χ2v) is 5.28. The lowest BCUT2D eigenvalue weighted by Crippen LogP contribution is -2.42. The van der Waals surface area contributed by atoms with Crippen molar-refractivity contribution >= 4 is 17.8 Å². The van der Waals surface area contributed by atoms with Gasteiger partial charge in [0.25, 0.3) is 0 Å². The number of amides is 1. The molecule has 0 N–H and O–H groups in total. The molecule has 0 heterocycles. The SMILES string of the molecule is CCOC(=O)C(=O)N(C)C(C)CC(=O)OC(C)(C)C. The van der Waals surface area contributed by atoms with Gasteiger partial charge in [0.2, 0.25) is 0 Å². The van der Waals surface area contributed by atoms with E-state index < -0.39 is 29.5 Å². The molecule has 0 radical (unpaired) electrons. The van der Waals surface area contributed by atoms with Crippen molar-refractivity contribution in [1.82, 2.24) is 4.90 Å². The molecule has 0 aliphatic rings. The molecule has 0 saturated carbocycles. The molecule has 0 aromatic carbocycles. The number of hydrogen-bond donors (Lipinski definition) is 0. The van der Waals surface area contributed by atoms with Crippen molar-refractivity contribution in [2.75, 3.05) is 13.7 Å². The van der Waals surface area contributed by atoms with Gasteiger partial charge in [-0.2, -0.15) is 0 Å². The van der Waals surface area contributed by atoms with Crippen molar-refractivity contribution in [3.05, 3.63) is 0 Å². The van der Waals surface area contributed by atoms with Crippen molar-refractivity contribution < 1.29 is 23.9 Å². The standard InChI is InChI=1S/C13H23NO5/c1-7-18-12(17)11(16)14(6)9(2)8-10(15)19-13(3,4)5/h9H,7-8H2,1-6H3. The monoisotopic (exact) mass is 273 g/mol. The zero-order chi connectivity index (χ0) is 15.2. The van der Waals surface area contributed by atoms with Gasteiger partial charge < -0.3 is 14.4 Å². The quantitative estimate of drug-likeness (QED) is 0.567. The number of carbonyl (C=O) groups is 3. The summed E-state index contributed by atoms with van der Waals surface area (Å²) in [6.07, 6.45) is 0.0267. The number of hydrogen-bond acceptors (Lipinski definition) is 5. The van der Waals surface area contributed by atoms with Crippen LogP contribution in [0.15, 0.2) is 0 Å². The van der Waals surface area contributed by atoms with Crippen LogP contribution in [0.5, 0.6) is 0 Å². The molecule has 0 aromatic rings. The van der Waals surface area contributed by atoms with Crippen molar-refractivity contribution in [3.63, 3.8) is 0 Å². The highest BCUT2D eigenvalue weighted by Gasteiger charge is 2.27. The Morgan fingerprint density at radius 2 is 1.74 bits per heavy atom. The minimum absolute atomic E-state index is 0.0267. The van der Waals surface area contributed by atoms with E-state index in [1.807, 2.05) is 0 Å². The largest absolute Gasteiger partial charge is 0.460 e. The first-order chi connectivity index (χ1) is 8.58. The van der Waals surface area contributed by atoms with Crippen LogP contribution in [0.25, 0.3) is 0 Å². The first-order valence-electron chi connectivity index (χ1n) is 6.24. The van der Waals surface area contributed by atoms with Gasteiger partial charge in [0.15, 0.2) is 0 Å². The lowest BCUT2D eigenvalue weighted by Gasteiger charge is -2.25. The van der Waals surface area contributed by atoms with Gasteiger partial charge in [-0.15, -0.1) is 0 Å². The maximum atomic E-state index is 11.6. The van der Waals surface area contributed by atoms with Crippen LogP contribution in [-0.2, 0) is 23.9 Å². The Labute approximate surface area is 114 Å². The van der Waals surface area contributed by atoms with E-state index in [1.54, 1.807) is 34.6 Å². The average molecular weight is 273 g/mol. The Hall–Kier alpha value is -1.59. The molecule has 1 amide bonds. The predicted molar refractivity (Wildman–Crippen MR) is 69.3 cm³/mol. The van der Waals surface area contributed by atoms with E-state index in [0.717, 1.165) is 0 Å². The van der Waals surface area contributed by atoms with E-state index in [0.29, 0.717) is 0 Å². The van der Waals surface area contributed by atoms with Crippen molar-refractivity contribution in [1.29, 1.82) is 0 Å². The lowest BCUT2D eigenvalue weighted by molar-refractivity contribution is -0.162. The Kier molecular flexibility index (Phi) is 6.52. The second-order valence-electron chi connectivity index (χ2n) is 5.28. The number of rotatable bonds is 4. The van der Waals surface area contributed by atoms with Gasteiger partial charge in [-0.3, -0.25) is 9.59 Å². The van der Waals surface area contributed by atoms with E-state index >= 15 is 0 Å². The molecule has 0 aliphatic heterocycles. The van der Waals surface area contributed by atoms with Crippen LogP contribution >= 0.6 is 0 Å². The lowest BCUT2D eigenvalue weighted by atomic mass is 10.1. The topological polar surface area (TPSA) is 72.9 Å². The van der Waals surface area contributed by atoms with E-state index in [1.165, 1.54) is 11.9 Å². The van der Waals surface area contributed by atoms with Crippen molar-refractivity contribution in [2.24, 2.45) is 0 Å². The predicted octanol–water partition coefficient (Wildman–Crippen LogP) is 1.13. The first kappa shape index (κ1) is 17.4. The molecule has 6 nitrogen and oxygen atoms in total. The zero-order valence-corrected chi connectivity index (χ0v) is 12.5. The molecule has 0 spiro atoms. The molecule has 0 fully saturated rings. The molecule has 110 valence electrons. The summed E-state index contributed by atoms with van der Waals surface area (Å²) in [5.41, 5.74) is -0.569. The molecule has 0 saturated heterocycles. The minimum atomic E-state index is -0.916. The third kappa shape index (κ3) is 6.79. The van der Waals surface area contributed by atoms with Gasteiger partial charge in [-0.25, -0.2) is 4.79 Å². The molecule has 0 bridgehead atoms. The summed E-state index contributed by atoms with van der Waals surface area (Å²) in [5.74, 6) is -2.09. The fourth-order valence-corrected chi connectivity index (χ4v) is 1.30. The van der Waals surface area contributed by atoms with Crippen LogP contribution in [0.3, 0.4) is 0 Å². The second kappa shape index (κ2) is 7.11. The number of carbonyl (C=O) groups excluding carboxylic acids is 3. The summed E-state index contributed by atoms with van der Waals surface area (Å²) in [4.78, 5) is 35.7. The van der Waals surface area contributed by atoms with Gasteiger partial charge in [0.05, 0.1) is 13.0 Å². The summed E-state index contributed by atoms with van der Waals surface area (Å²) < 4.78 is 9.77. The summed E-state index contributed by atoms with van der Waals surface area (Å²) in [6, 6.07) is -0.438. The Balaban J connectivity index is 4.42. The third-order valence-corrected chi connectivity index (χ3v) is 2.31. The number of nitrogens with zero attached hydrogens (tertiary/aromatic N) is 1. The summed E-state index contributed by atoms with van der Waals surface area (Å²) in [5, 5.41) is 0. The van der Waals surface area contributed by atoms with E-state index in [-0.39, 0.29) is 13.0 Å². The van der Waals surface area contributed by atoms with Gasteiger partial charge in [0, 0.05) is 13.1 Å². The van der Waals surface area contributed by atoms with Crippen molar-refractivity contribution in [2.45, 2.75) is 52.7 Å². The smallest absolute Gasteiger partial charge is 0.397 e. The molecule has 19 heavy (non-hydrogen) atoms. The third-order valence-electron chi connectivity index (χ3n) is 2.31. The fourth-order valence-electron chi connectivity index (χ4n) is 1.30. The van der Waals surface area contributed by atoms with Crippen LogP contribution in [0, 0.1) is 0 Å². The van der Waals surface area contributed by atoms with Crippen LogP contribution < -0.4 is 0 Å². The molecule has 0 aliphatic carbocycles. The van der Waals surface area contributed by atoms with Crippen LogP contribution in [0.2, 0.25) is 0 Å². The minimum Gasteiger partial charge on any atom is -0.460 e. The maximum Gasteiger partial charge on any atom is 0.397 e. The Morgan fingerprint density at radius 3 is 2.16 bits per heavy atom. The first-order valence-corrected chi connectivity index (χ1v) is 6.24. The summed E-state index contributed by atoms with van der Waals surface area (Å²) in [7, 11) is 1.45. The van der Waals surface area contributed by atoms with Crippen molar-refractivity contribution in [3.8, 4) is 0 Å². The highest BCUT2D eigenvalue weighted by atomic mass is 16.6. The van der Waals surface area contributed by atoms with E-state index in [4.69, 9.17) is 4.74 Å². The highest BCUT2D eigenvalue weighted by Crippen LogP contribution is 2.11. The van der Waals surface area contributed by atoms with Gasteiger partial charge >= 0.3 is 17.8 Å². The summed E-state index contributed by atoms with van der Waals surface area (Å²) in [6.45, 7) is 8.73. The fraction of sp³-hybridized carbons (Fsp3) is 0.769. The molecule has 1 unspecified atom stereocenters. The van der Waals surface area contributed by atoms with Gasteiger partial charge in [-0.1, -0.05) is 0 Å². The normalized spacial score (nSPS) is 12.5. The maximum absolute atomic E-state index is 11.6. The Morgan fingerprint density at radius 1 is 1.21 bits per heavy atom. The summed E-state index contributed by atoms with van der Waals surface area (Å²) >= 11 is 0. The molecular weight excluding hydrogens is 250 g/mol. The molecule has 6 heteroatoms. The van der Waals surface area contributed by atoms with Gasteiger partial charge in [0.1, 0.15) is 5.60 Å². The molecular formula is C13H23NO5. The van der Waals surface area contributed by atoms with E-state index in [2.05, 4.69) is 4.74 Å². The number of esters is 2. The number of ether oxygens (including phenoxy) is 2. The molecule has 1 atom stereocenters. The van der Waals surface area contributed by atoms with Crippen LogP contribution in [0.1, 0.15) is 41.0 Å². The average Bonchev–Trinajstić information content (AvgIpc) is 2.24. The molecule has 0 aromatic heterocycles. The Bertz CT molecular complexity index is 345. The number of likely N-dealkylation sites (N-methyl/N-ethyl adjacent to an activating group) is 1. The van der Waals surface area contributed by atoms with E-state index in [9.17, 15) is 14.4 Å². The van der Waals surface area contributed by atoms with Crippen LogP contribution in [0.4, 0.5) is 0 Å². The van der Waals surface area contributed by atoms with Gasteiger partial charge in [-0.05, 0) is 34.6 Å². The zero-order valence-electron chi connectivity index (χ0n) is 12.5. The molecule has 0 rings (SSSR count).